The molecular weight excluding hydrogens is 436 g/mol. The molecule has 8 heteroatoms. The lowest BCUT2D eigenvalue weighted by atomic mass is 9.99. The molecule has 2 amide bonds. The van der Waals surface area contributed by atoms with E-state index in [9.17, 15) is 14.4 Å². The van der Waals surface area contributed by atoms with E-state index in [0.717, 1.165) is 25.7 Å². The number of fused-ring (bicyclic) bond motifs is 2. The van der Waals surface area contributed by atoms with Gasteiger partial charge in [-0.1, -0.05) is 71.1 Å². The molecule has 34 heavy (non-hydrogen) atoms. The SMILES string of the molecule is CCCCCCCCCCCCCC(=O)OC[C@@H]1OC(OC)CN2C(=O)[C@@H]3CCCN3C(=O)[C@H]12. The van der Waals surface area contributed by atoms with Crippen molar-refractivity contribution in [1.82, 2.24) is 9.80 Å². The number of methoxy groups -OCH3 is 1. The van der Waals surface area contributed by atoms with Gasteiger partial charge in [0, 0.05) is 20.1 Å². The second-order valence-corrected chi connectivity index (χ2v) is 9.93. The fourth-order valence-corrected chi connectivity index (χ4v) is 5.40. The van der Waals surface area contributed by atoms with E-state index in [0.29, 0.717) is 19.4 Å². The number of morpholine rings is 1. The smallest absolute Gasteiger partial charge is 0.305 e. The molecule has 0 aromatic heterocycles. The van der Waals surface area contributed by atoms with Gasteiger partial charge in [-0.15, -0.1) is 0 Å². The highest BCUT2D eigenvalue weighted by Crippen LogP contribution is 2.32. The number of unbranched alkanes of at least 4 members (excludes halogenated alkanes) is 10. The minimum absolute atomic E-state index is 0.0462. The summed E-state index contributed by atoms with van der Waals surface area (Å²) in [5.74, 6) is -0.438. The van der Waals surface area contributed by atoms with Crippen molar-refractivity contribution in [2.45, 2.75) is 121 Å². The molecule has 3 heterocycles. The van der Waals surface area contributed by atoms with Crippen LogP contribution in [0.15, 0.2) is 0 Å². The summed E-state index contributed by atoms with van der Waals surface area (Å²) in [6, 6.07) is -1.12. The molecule has 3 rings (SSSR count). The lowest BCUT2D eigenvalue weighted by molar-refractivity contribution is -0.234. The number of hydrogen-bond acceptors (Lipinski definition) is 6. The number of piperazine rings is 1. The van der Waals surface area contributed by atoms with E-state index in [1.54, 1.807) is 9.80 Å². The van der Waals surface area contributed by atoms with Crippen LogP contribution in [0.3, 0.4) is 0 Å². The Morgan fingerprint density at radius 3 is 2.24 bits per heavy atom. The van der Waals surface area contributed by atoms with Gasteiger partial charge in [-0.05, 0) is 19.3 Å². The molecule has 1 unspecified atom stereocenters. The summed E-state index contributed by atoms with van der Waals surface area (Å²) in [4.78, 5) is 41.6. The average Bonchev–Trinajstić information content (AvgIpc) is 3.34. The highest BCUT2D eigenvalue weighted by atomic mass is 16.7. The van der Waals surface area contributed by atoms with Gasteiger partial charge in [-0.2, -0.15) is 0 Å². The highest BCUT2D eigenvalue weighted by Gasteiger charge is 2.54. The van der Waals surface area contributed by atoms with Gasteiger partial charge in [0.25, 0.3) is 0 Å². The predicted octanol–water partition coefficient (Wildman–Crippen LogP) is 3.80. The fourth-order valence-electron chi connectivity index (χ4n) is 5.40. The zero-order chi connectivity index (χ0) is 24.3. The van der Waals surface area contributed by atoms with E-state index >= 15 is 0 Å². The third-order valence-electron chi connectivity index (χ3n) is 7.37. The molecule has 0 radical (unpaired) electrons. The van der Waals surface area contributed by atoms with Crippen molar-refractivity contribution in [2.75, 3.05) is 26.8 Å². The summed E-state index contributed by atoms with van der Waals surface area (Å²) in [7, 11) is 1.51. The van der Waals surface area contributed by atoms with Crippen LogP contribution in [0, 0.1) is 0 Å². The summed E-state index contributed by atoms with van der Waals surface area (Å²) >= 11 is 0. The van der Waals surface area contributed by atoms with Gasteiger partial charge in [0.05, 0.1) is 6.54 Å². The second kappa shape index (κ2) is 14.0. The van der Waals surface area contributed by atoms with Gasteiger partial charge < -0.3 is 24.0 Å². The first-order chi connectivity index (χ1) is 16.6. The first kappa shape index (κ1) is 26.9. The molecular formula is C26H44N2O6. The Morgan fingerprint density at radius 2 is 1.59 bits per heavy atom. The number of nitrogens with zero attached hydrogens (tertiary/aromatic N) is 2. The monoisotopic (exact) mass is 480 g/mol. The Balaban J connectivity index is 1.34. The van der Waals surface area contributed by atoms with Crippen molar-refractivity contribution in [2.24, 2.45) is 0 Å². The molecule has 0 spiro atoms. The molecule has 3 fully saturated rings. The molecule has 0 aromatic rings. The minimum Gasteiger partial charge on any atom is -0.463 e. The number of hydrogen-bond donors (Lipinski definition) is 0. The van der Waals surface area contributed by atoms with Crippen molar-refractivity contribution >= 4 is 17.8 Å². The van der Waals surface area contributed by atoms with Crippen LogP contribution >= 0.6 is 0 Å². The summed E-state index contributed by atoms with van der Waals surface area (Å²) < 4.78 is 16.7. The van der Waals surface area contributed by atoms with Crippen LogP contribution in [0.5, 0.6) is 0 Å². The van der Waals surface area contributed by atoms with Gasteiger partial charge in [0.2, 0.25) is 11.8 Å². The van der Waals surface area contributed by atoms with Gasteiger partial charge in [0.15, 0.2) is 6.29 Å². The van der Waals surface area contributed by atoms with E-state index in [-0.39, 0.29) is 37.0 Å². The summed E-state index contributed by atoms with van der Waals surface area (Å²) in [5.41, 5.74) is 0. The summed E-state index contributed by atoms with van der Waals surface area (Å²) in [5, 5.41) is 0. The predicted molar refractivity (Wildman–Crippen MR) is 128 cm³/mol. The van der Waals surface area contributed by atoms with Crippen LogP contribution in [0.1, 0.15) is 96.8 Å². The van der Waals surface area contributed by atoms with Crippen LogP contribution in [0.2, 0.25) is 0 Å². The lowest BCUT2D eigenvalue weighted by Gasteiger charge is -2.49. The van der Waals surface area contributed by atoms with E-state index in [4.69, 9.17) is 14.2 Å². The van der Waals surface area contributed by atoms with Crippen LogP contribution < -0.4 is 0 Å². The van der Waals surface area contributed by atoms with Gasteiger partial charge >= 0.3 is 5.97 Å². The maximum Gasteiger partial charge on any atom is 0.305 e. The molecule has 194 valence electrons. The quantitative estimate of drug-likeness (QED) is 0.262. The fraction of sp³-hybridized carbons (Fsp3) is 0.885. The van der Waals surface area contributed by atoms with E-state index in [1.165, 1.54) is 58.5 Å². The Hall–Kier alpha value is -1.67. The van der Waals surface area contributed by atoms with Crippen molar-refractivity contribution in [1.29, 1.82) is 0 Å². The number of carbonyl (C=O) groups is 3. The van der Waals surface area contributed by atoms with Crippen LogP contribution in [0.4, 0.5) is 0 Å². The average molecular weight is 481 g/mol. The zero-order valence-electron chi connectivity index (χ0n) is 21.2. The minimum atomic E-state index is -0.747. The molecule has 3 aliphatic rings. The largest absolute Gasteiger partial charge is 0.463 e. The molecule has 0 saturated carbocycles. The Labute approximate surface area is 204 Å². The van der Waals surface area contributed by atoms with Crippen molar-refractivity contribution in [3.05, 3.63) is 0 Å². The van der Waals surface area contributed by atoms with Crippen molar-refractivity contribution in [3.8, 4) is 0 Å². The van der Waals surface area contributed by atoms with Crippen LogP contribution in [0.25, 0.3) is 0 Å². The lowest BCUT2D eigenvalue weighted by Crippen LogP contribution is -2.71. The molecule has 3 aliphatic heterocycles. The Bertz CT molecular complexity index is 672. The van der Waals surface area contributed by atoms with Gasteiger partial charge in [-0.3, -0.25) is 14.4 Å². The maximum atomic E-state index is 13.1. The molecule has 8 nitrogen and oxygen atoms in total. The maximum absolute atomic E-state index is 13.1. The molecule has 0 aliphatic carbocycles. The number of amides is 2. The number of carbonyl (C=O) groups excluding carboxylic acids is 3. The molecule has 4 atom stereocenters. The third-order valence-corrected chi connectivity index (χ3v) is 7.37. The standard InChI is InChI=1S/C26H44N2O6/c1-3-4-5-6-7-8-9-10-11-12-13-16-22(29)33-19-21-24-26(31)27-17-14-15-20(27)25(30)28(24)18-23(32-2)34-21/h20-21,23-24H,3-19H2,1-2H3/t20-,21-,23?,24-/m0/s1. The number of esters is 1. The number of rotatable bonds is 15. The van der Waals surface area contributed by atoms with Crippen molar-refractivity contribution < 1.29 is 28.6 Å². The molecule has 0 bridgehead atoms. The molecule has 3 saturated heterocycles. The Morgan fingerprint density at radius 1 is 0.941 bits per heavy atom. The van der Waals surface area contributed by atoms with E-state index in [2.05, 4.69) is 6.92 Å². The topological polar surface area (TPSA) is 85.4 Å². The van der Waals surface area contributed by atoms with E-state index < -0.39 is 18.4 Å². The summed E-state index contributed by atoms with van der Waals surface area (Å²) in [6.45, 7) is 3.01. The first-order valence-electron chi connectivity index (χ1n) is 13.5. The number of ether oxygens (including phenoxy) is 3. The second-order valence-electron chi connectivity index (χ2n) is 9.93. The zero-order valence-corrected chi connectivity index (χ0v) is 21.2. The normalized spacial score (nSPS) is 26.5. The third kappa shape index (κ3) is 7.17. The molecule has 0 N–H and O–H groups in total. The van der Waals surface area contributed by atoms with Crippen LogP contribution in [-0.2, 0) is 28.6 Å². The summed E-state index contributed by atoms with van der Waals surface area (Å²) in [6.07, 6.45) is 14.0. The first-order valence-corrected chi connectivity index (χ1v) is 13.5. The van der Waals surface area contributed by atoms with Crippen LogP contribution in [-0.4, -0.2) is 78.9 Å². The van der Waals surface area contributed by atoms with Crippen molar-refractivity contribution in [3.63, 3.8) is 0 Å². The van der Waals surface area contributed by atoms with Gasteiger partial charge in [-0.25, -0.2) is 0 Å². The van der Waals surface area contributed by atoms with E-state index in [1.807, 2.05) is 0 Å². The molecule has 0 aromatic carbocycles. The van der Waals surface area contributed by atoms with Gasteiger partial charge in [0.1, 0.15) is 24.8 Å². The Kier molecular flexibility index (Phi) is 11.1. The highest BCUT2D eigenvalue weighted by molar-refractivity contribution is 5.98.